The lowest BCUT2D eigenvalue weighted by Crippen LogP contribution is -2.27. The summed E-state index contributed by atoms with van der Waals surface area (Å²) in [4.78, 5) is 0. The topological polar surface area (TPSA) is 18.5 Å². The van der Waals surface area contributed by atoms with Crippen LogP contribution < -0.4 is 0 Å². The van der Waals surface area contributed by atoms with Gasteiger partial charge in [0.25, 0.3) is 0 Å². The second-order valence-electron chi connectivity index (χ2n) is 4.00. The Balaban J connectivity index is 2.48. The van der Waals surface area contributed by atoms with Crippen LogP contribution in [0.2, 0.25) is 0 Å². The maximum atomic E-state index is 12.8. The minimum absolute atomic E-state index is 0.198. The van der Waals surface area contributed by atoms with Crippen molar-refractivity contribution in [2.45, 2.75) is 32.7 Å². The van der Waals surface area contributed by atoms with E-state index in [4.69, 9.17) is 8.85 Å². The second-order valence-corrected chi connectivity index (χ2v) is 5.94. The molecule has 0 fully saturated rings. The lowest BCUT2D eigenvalue weighted by Gasteiger charge is -2.16. The molecule has 96 valence electrons. The monoisotopic (exact) mass is 256 g/mol. The molecular weight excluding hydrogens is 235 g/mol. The van der Waals surface area contributed by atoms with E-state index in [0.717, 1.165) is 37.7 Å². The fourth-order valence-corrected chi connectivity index (χ4v) is 3.46. The Labute approximate surface area is 105 Å². The Morgan fingerprint density at radius 2 is 1.53 bits per heavy atom. The van der Waals surface area contributed by atoms with Crippen molar-refractivity contribution < 1.29 is 13.2 Å². The summed E-state index contributed by atoms with van der Waals surface area (Å²) < 4.78 is 24.3. The van der Waals surface area contributed by atoms with Gasteiger partial charge in [0.2, 0.25) is 0 Å². The number of halogens is 1. The van der Waals surface area contributed by atoms with Crippen molar-refractivity contribution >= 4 is 9.28 Å². The summed E-state index contributed by atoms with van der Waals surface area (Å²) in [6.07, 6.45) is 2.00. The number of benzene rings is 1. The van der Waals surface area contributed by atoms with Crippen LogP contribution in [0.3, 0.4) is 0 Å². The van der Waals surface area contributed by atoms with Gasteiger partial charge in [0.05, 0.1) is 0 Å². The summed E-state index contributed by atoms with van der Waals surface area (Å²) in [5.74, 6) is -0.198. The van der Waals surface area contributed by atoms with Crippen LogP contribution in [0.4, 0.5) is 4.39 Å². The second kappa shape index (κ2) is 8.39. The van der Waals surface area contributed by atoms with Crippen molar-refractivity contribution in [1.82, 2.24) is 0 Å². The first-order valence-electron chi connectivity index (χ1n) is 6.24. The van der Waals surface area contributed by atoms with Crippen LogP contribution in [-0.2, 0) is 14.9 Å². The van der Waals surface area contributed by atoms with Crippen molar-refractivity contribution in [3.63, 3.8) is 0 Å². The van der Waals surface area contributed by atoms with E-state index in [0.29, 0.717) is 0 Å². The van der Waals surface area contributed by atoms with Gasteiger partial charge in [-0.15, -0.1) is 0 Å². The molecule has 0 atom stereocenters. The standard InChI is InChI=1S/C13H21FO2Si/c1-3-9-15-17(16-10-4-2)11-12-5-7-13(14)8-6-12/h5-8,17H,3-4,9-11H2,1-2H3. The fraction of sp³-hybridized carbons (Fsp3) is 0.538. The van der Waals surface area contributed by atoms with Gasteiger partial charge >= 0.3 is 9.28 Å². The summed E-state index contributed by atoms with van der Waals surface area (Å²) >= 11 is 0. The Hall–Kier alpha value is -0.713. The molecule has 0 amide bonds. The molecule has 0 aliphatic heterocycles. The van der Waals surface area contributed by atoms with E-state index in [2.05, 4.69) is 13.8 Å². The van der Waals surface area contributed by atoms with Gasteiger partial charge in [0.15, 0.2) is 0 Å². The number of hydrogen-bond acceptors (Lipinski definition) is 2. The van der Waals surface area contributed by atoms with E-state index in [9.17, 15) is 4.39 Å². The molecule has 4 heteroatoms. The molecule has 17 heavy (non-hydrogen) atoms. The molecule has 0 aromatic heterocycles. The molecule has 0 heterocycles. The van der Waals surface area contributed by atoms with Crippen LogP contribution >= 0.6 is 0 Å². The highest BCUT2D eigenvalue weighted by Gasteiger charge is 2.13. The van der Waals surface area contributed by atoms with Crippen LogP contribution in [0.5, 0.6) is 0 Å². The number of rotatable bonds is 8. The summed E-state index contributed by atoms with van der Waals surface area (Å²) in [6, 6.07) is 7.39. The predicted molar refractivity (Wildman–Crippen MR) is 69.7 cm³/mol. The molecule has 0 aliphatic rings. The summed E-state index contributed by atoms with van der Waals surface area (Å²) in [7, 11) is -1.63. The summed E-state index contributed by atoms with van der Waals surface area (Å²) in [5.41, 5.74) is 1.09. The minimum Gasteiger partial charge on any atom is -0.396 e. The first-order chi connectivity index (χ1) is 8.26. The fourth-order valence-electron chi connectivity index (χ4n) is 1.48. The highest BCUT2D eigenvalue weighted by molar-refractivity contribution is 6.43. The van der Waals surface area contributed by atoms with Crippen LogP contribution in [0, 0.1) is 5.82 Å². The maximum absolute atomic E-state index is 12.8. The SMILES string of the molecule is CCCO[SiH](Cc1ccc(F)cc1)OCCC. The number of hydrogen-bond donors (Lipinski definition) is 0. The van der Waals surface area contributed by atoms with Crippen molar-refractivity contribution in [2.24, 2.45) is 0 Å². The van der Waals surface area contributed by atoms with Gasteiger partial charge in [0.1, 0.15) is 5.82 Å². The minimum atomic E-state index is -1.63. The molecule has 0 aliphatic carbocycles. The molecule has 0 bridgehead atoms. The molecule has 2 nitrogen and oxygen atoms in total. The van der Waals surface area contributed by atoms with E-state index in [1.165, 1.54) is 12.1 Å². The lowest BCUT2D eigenvalue weighted by atomic mass is 10.2. The first kappa shape index (κ1) is 14.3. The van der Waals surface area contributed by atoms with Gasteiger partial charge < -0.3 is 8.85 Å². The van der Waals surface area contributed by atoms with Crippen LogP contribution in [0.15, 0.2) is 24.3 Å². The van der Waals surface area contributed by atoms with Crippen molar-refractivity contribution in [3.8, 4) is 0 Å². The third kappa shape index (κ3) is 5.96. The summed E-state index contributed by atoms with van der Waals surface area (Å²) in [5, 5.41) is 0. The summed E-state index contributed by atoms with van der Waals surface area (Å²) in [6.45, 7) is 5.68. The molecular formula is C13H21FO2Si. The maximum Gasteiger partial charge on any atom is 0.325 e. The highest BCUT2D eigenvalue weighted by Crippen LogP contribution is 2.07. The third-order valence-corrected chi connectivity index (χ3v) is 4.35. The molecule has 0 N–H and O–H groups in total. The van der Waals surface area contributed by atoms with Gasteiger partial charge in [-0.2, -0.15) is 0 Å². The average Bonchev–Trinajstić information content (AvgIpc) is 2.35. The van der Waals surface area contributed by atoms with Gasteiger partial charge in [-0.3, -0.25) is 0 Å². The molecule has 0 saturated heterocycles. The molecule has 0 radical (unpaired) electrons. The molecule has 1 rings (SSSR count). The normalized spacial score (nSPS) is 11.1. The lowest BCUT2D eigenvalue weighted by molar-refractivity contribution is 0.196. The first-order valence-corrected chi connectivity index (χ1v) is 7.99. The zero-order valence-corrected chi connectivity index (χ0v) is 11.8. The van der Waals surface area contributed by atoms with Gasteiger partial charge in [0, 0.05) is 19.3 Å². The average molecular weight is 256 g/mol. The van der Waals surface area contributed by atoms with Crippen molar-refractivity contribution in [3.05, 3.63) is 35.6 Å². The van der Waals surface area contributed by atoms with E-state index in [-0.39, 0.29) is 5.82 Å². The smallest absolute Gasteiger partial charge is 0.325 e. The van der Waals surface area contributed by atoms with Gasteiger partial charge in [-0.1, -0.05) is 26.0 Å². The Morgan fingerprint density at radius 3 is 2.00 bits per heavy atom. The molecule has 0 unspecified atom stereocenters. The predicted octanol–water partition coefficient (Wildman–Crippen LogP) is 2.98. The van der Waals surface area contributed by atoms with Gasteiger partial charge in [-0.05, 0) is 30.5 Å². The molecule has 1 aromatic rings. The van der Waals surface area contributed by atoms with Crippen molar-refractivity contribution in [1.29, 1.82) is 0 Å². The molecule has 1 aromatic carbocycles. The zero-order chi connectivity index (χ0) is 12.5. The Bertz CT molecular complexity index is 295. The van der Waals surface area contributed by atoms with E-state index in [1.807, 2.05) is 0 Å². The van der Waals surface area contributed by atoms with Crippen LogP contribution in [0.25, 0.3) is 0 Å². The third-order valence-electron chi connectivity index (χ3n) is 2.33. The zero-order valence-electron chi connectivity index (χ0n) is 10.6. The quantitative estimate of drug-likeness (QED) is 0.666. The van der Waals surface area contributed by atoms with Crippen LogP contribution in [-0.4, -0.2) is 22.5 Å². The Kier molecular flexibility index (Phi) is 7.08. The van der Waals surface area contributed by atoms with Gasteiger partial charge in [-0.25, -0.2) is 4.39 Å². The highest BCUT2D eigenvalue weighted by atomic mass is 28.3. The van der Waals surface area contributed by atoms with Crippen LogP contribution in [0.1, 0.15) is 32.3 Å². The van der Waals surface area contributed by atoms with E-state index >= 15 is 0 Å². The van der Waals surface area contributed by atoms with E-state index in [1.54, 1.807) is 12.1 Å². The molecule has 0 spiro atoms. The van der Waals surface area contributed by atoms with Crippen molar-refractivity contribution in [2.75, 3.05) is 13.2 Å². The largest absolute Gasteiger partial charge is 0.396 e. The Morgan fingerprint density at radius 1 is 1.00 bits per heavy atom. The molecule has 0 saturated carbocycles. The van der Waals surface area contributed by atoms with E-state index < -0.39 is 9.28 Å².